The van der Waals surface area contributed by atoms with Crippen LogP contribution in [-0.4, -0.2) is 13.1 Å². The lowest BCUT2D eigenvalue weighted by Gasteiger charge is -2.15. The Morgan fingerprint density at radius 1 is 1.50 bits per heavy atom. The summed E-state index contributed by atoms with van der Waals surface area (Å²) in [6.45, 7) is 0. The number of carbonyl (C=O) groups excluding carboxylic acids is 1. The van der Waals surface area contributed by atoms with Crippen molar-refractivity contribution in [2.24, 2.45) is 5.73 Å². The first-order valence-electron chi connectivity index (χ1n) is 4.94. The smallest absolute Gasteiger partial charge is 0.416 e. The van der Waals surface area contributed by atoms with Crippen molar-refractivity contribution >= 4 is 17.6 Å². The number of carbonyl (C=O) groups is 1. The van der Waals surface area contributed by atoms with Gasteiger partial charge >= 0.3 is 12.1 Å². The molecule has 0 saturated heterocycles. The van der Waals surface area contributed by atoms with E-state index in [1.165, 1.54) is 7.11 Å². The first kappa shape index (κ1) is 14.8. The summed E-state index contributed by atoms with van der Waals surface area (Å²) >= 11 is 5.77. The molecule has 0 unspecified atom stereocenters. The van der Waals surface area contributed by atoms with Crippen LogP contribution in [0.15, 0.2) is 18.2 Å². The number of methoxy groups -OCH3 is 1. The molecule has 7 heteroatoms. The van der Waals surface area contributed by atoms with E-state index < -0.39 is 23.8 Å². The minimum atomic E-state index is -4.48. The van der Waals surface area contributed by atoms with E-state index in [1.54, 1.807) is 0 Å². The Hall–Kier alpha value is -1.27. The topological polar surface area (TPSA) is 52.3 Å². The van der Waals surface area contributed by atoms with Gasteiger partial charge in [-0.3, -0.25) is 4.79 Å². The molecule has 0 saturated carbocycles. The Balaban J connectivity index is 3.04. The fourth-order valence-electron chi connectivity index (χ4n) is 1.38. The number of hydrogen-bond donors (Lipinski definition) is 1. The number of nitrogens with two attached hydrogens (primary N) is 1. The molecule has 2 N–H and O–H groups in total. The van der Waals surface area contributed by atoms with Crippen LogP contribution in [0.25, 0.3) is 0 Å². The molecule has 0 aliphatic carbocycles. The summed E-state index contributed by atoms with van der Waals surface area (Å²) in [4.78, 5) is 11.0. The standard InChI is InChI=1S/C11H11ClF3NO2/c1-18-10(17)5-9(16)7-4-6(11(13,14)15)2-3-8(7)12/h2-4,9H,5,16H2,1H3/t9-/m1/s1. The van der Waals surface area contributed by atoms with Crippen LogP contribution in [0.1, 0.15) is 23.6 Å². The van der Waals surface area contributed by atoms with Gasteiger partial charge in [0, 0.05) is 11.1 Å². The van der Waals surface area contributed by atoms with Crippen LogP contribution in [0.2, 0.25) is 5.02 Å². The maximum atomic E-state index is 12.5. The zero-order valence-corrected chi connectivity index (χ0v) is 10.2. The van der Waals surface area contributed by atoms with Gasteiger partial charge in [-0.15, -0.1) is 0 Å². The molecule has 0 aliphatic rings. The fourth-order valence-corrected chi connectivity index (χ4v) is 1.63. The van der Waals surface area contributed by atoms with E-state index in [-0.39, 0.29) is 17.0 Å². The van der Waals surface area contributed by atoms with E-state index in [0.29, 0.717) is 0 Å². The third kappa shape index (κ3) is 3.61. The molecule has 0 fully saturated rings. The zero-order valence-electron chi connectivity index (χ0n) is 9.42. The van der Waals surface area contributed by atoms with Crippen molar-refractivity contribution in [3.05, 3.63) is 34.3 Å². The van der Waals surface area contributed by atoms with E-state index in [9.17, 15) is 18.0 Å². The minimum absolute atomic E-state index is 0.0666. The molecular weight excluding hydrogens is 271 g/mol. The highest BCUT2D eigenvalue weighted by Crippen LogP contribution is 2.33. The van der Waals surface area contributed by atoms with Crippen molar-refractivity contribution in [2.45, 2.75) is 18.6 Å². The molecule has 0 amide bonds. The van der Waals surface area contributed by atoms with Gasteiger partial charge in [0.05, 0.1) is 19.1 Å². The van der Waals surface area contributed by atoms with E-state index in [1.807, 2.05) is 0 Å². The second-order valence-corrected chi connectivity index (χ2v) is 4.03. The largest absolute Gasteiger partial charge is 0.469 e. The second kappa shape index (κ2) is 5.58. The quantitative estimate of drug-likeness (QED) is 0.867. The van der Waals surface area contributed by atoms with Crippen molar-refractivity contribution in [1.29, 1.82) is 0 Å². The summed E-state index contributed by atoms with van der Waals surface area (Å²) in [6, 6.07) is 1.87. The molecular formula is C11H11ClF3NO2. The number of esters is 1. The third-order valence-corrected chi connectivity index (χ3v) is 2.68. The average Bonchev–Trinajstić information content (AvgIpc) is 2.27. The Kier molecular flexibility index (Phi) is 4.59. The summed E-state index contributed by atoms with van der Waals surface area (Å²) in [5.74, 6) is -0.615. The molecule has 18 heavy (non-hydrogen) atoms. The van der Waals surface area contributed by atoms with Crippen LogP contribution in [-0.2, 0) is 15.7 Å². The Morgan fingerprint density at radius 2 is 2.11 bits per heavy atom. The van der Waals surface area contributed by atoms with Crippen molar-refractivity contribution < 1.29 is 22.7 Å². The van der Waals surface area contributed by atoms with Gasteiger partial charge in [-0.1, -0.05) is 11.6 Å². The highest BCUT2D eigenvalue weighted by Gasteiger charge is 2.31. The zero-order chi connectivity index (χ0) is 13.9. The summed E-state index contributed by atoms with van der Waals surface area (Å²) in [5.41, 5.74) is 4.84. The van der Waals surface area contributed by atoms with Gasteiger partial charge in [-0.2, -0.15) is 13.2 Å². The van der Waals surface area contributed by atoms with Crippen molar-refractivity contribution in [2.75, 3.05) is 7.11 Å². The first-order valence-corrected chi connectivity index (χ1v) is 5.32. The van der Waals surface area contributed by atoms with Gasteiger partial charge in [0.2, 0.25) is 0 Å². The highest BCUT2D eigenvalue weighted by molar-refractivity contribution is 6.31. The lowest BCUT2D eigenvalue weighted by atomic mass is 10.0. The van der Waals surface area contributed by atoms with Crippen molar-refractivity contribution in [3.8, 4) is 0 Å². The molecule has 1 aromatic carbocycles. The normalized spacial score (nSPS) is 13.2. The van der Waals surface area contributed by atoms with Gasteiger partial charge < -0.3 is 10.5 Å². The molecule has 100 valence electrons. The Bertz CT molecular complexity index is 448. The van der Waals surface area contributed by atoms with E-state index in [0.717, 1.165) is 18.2 Å². The highest BCUT2D eigenvalue weighted by atomic mass is 35.5. The number of benzene rings is 1. The maximum Gasteiger partial charge on any atom is 0.416 e. The maximum absolute atomic E-state index is 12.5. The van der Waals surface area contributed by atoms with Crippen LogP contribution in [0.5, 0.6) is 0 Å². The summed E-state index contributed by atoms with van der Waals surface area (Å²) in [6.07, 6.45) is -4.72. The van der Waals surface area contributed by atoms with Crippen LogP contribution in [0.4, 0.5) is 13.2 Å². The van der Waals surface area contributed by atoms with Gasteiger partial charge in [0.25, 0.3) is 0 Å². The predicted octanol–water partition coefficient (Wildman–Crippen LogP) is 2.92. The summed E-state index contributed by atoms with van der Waals surface area (Å²) in [7, 11) is 1.17. The van der Waals surface area contributed by atoms with Crippen LogP contribution in [0, 0.1) is 0 Å². The van der Waals surface area contributed by atoms with E-state index in [4.69, 9.17) is 17.3 Å². The number of alkyl halides is 3. The van der Waals surface area contributed by atoms with Gasteiger partial charge in [0.1, 0.15) is 0 Å². The molecule has 0 aliphatic heterocycles. The average molecular weight is 282 g/mol. The number of rotatable bonds is 3. The molecule has 3 nitrogen and oxygen atoms in total. The molecule has 1 rings (SSSR count). The van der Waals surface area contributed by atoms with E-state index >= 15 is 0 Å². The molecule has 0 spiro atoms. The van der Waals surface area contributed by atoms with E-state index in [2.05, 4.69) is 4.74 Å². The van der Waals surface area contributed by atoms with Crippen molar-refractivity contribution in [3.63, 3.8) is 0 Å². The first-order chi connectivity index (χ1) is 8.25. The molecule has 0 bridgehead atoms. The molecule has 0 heterocycles. The lowest BCUT2D eigenvalue weighted by Crippen LogP contribution is -2.17. The third-order valence-electron chi connectivity index (χ3n) is 2.34. The minimum Gasteiger partial charge on any atom is -0.469 e. The fraction of sp³-hybridized carbons (Fsp3) is 0.364. The van der Waals surface area contributed by atoms with Crippen LogP contribution in [0.3, 0.4) is 0 Å². The lowest BCUT2D eigenvalue weighted by molar-refractivity contribution is -0.141. The summed E-state index contributed by atoms with van der Waals surface area (Å²) in [5, 5.41) is 0.0828. The predicted molar refractivity (Wildman–Crippen MR) is 60.0 cm³/mol. The van der Waals surface area contributed by atoms with Gasteiger partial charge in [-0.25, -0.2) is 0 Å². The number of halogens is 4. The SMILES string of the molecule is COC(=O)C[C@@H](N)c1cc(C(F)(F)F)ccc1Cl. The van der Waals surface area contributed by atoms with Crippen LogP contribution < -0.4 is 5.73 Å². The Morgan fingerprint density at radius 3 is 2.61 bits per heavy atom. The Labute approximate surface area is 107 Å². The molecule has 0 aromatic heterocycles. The number of hydrogen-bond acceptors (Lipinski definition) is 3. The molecule has 1 atom stereocenters. The van der Waals surface area contributed by atoms with Crippen LogP contribution >= 0.6 is 11.6 Å². The van der Waals surface area contributed by atoms with Gasteiger partial charge in [-0.05, 0) is 23.8 Å². The summed E-state index contributed by atoms with van der Waals surface area (Å²) < 4.78 is 41.9. The van der Waals surface area contributed by atoms with Crippen molar-refractivity contribution in [1.82, 2.24) is 0 Å². The van der Waals surface area contributed by atoms with Gasteiger partial charge in [0.15, 0.2) is 0 Å². The molecule has 0 radical (unpaired) electrons. The monoisotopic (exact) mass is 281 g/mol. The molecule has 1 aromatic rings. The second-order valence-electron chi connectivity index (χ2n) is 3.62. The number of ether oxygens (including phenoxy) is 1.